The SMILES string of the molecule is CNSNc1cccc(CN2C(=O)Oc3cc(Oc4cccnn4)c(F)cc3C23CCC3)c1F. The molecule has 1 aliphatic carbocycles. The minimum Gasteiger partial charge on any atom is -0.434 e. The van der Waals surface area contributed by atoms with Crippen LogP contribution in [0.1, 0.15) is 30.4 Å². The Morgan fingerprint density at radius 2 is 2.09 bits per heavy atom. The van der Waals surface area contributed by atoms with Crippen molar-refractivity contribution in [1.29, 1.82) is 0 Å². The zero-order chi connectivity index (χ0) is 23.7. The van der Waals surface area contributed by atoms with Gasteiger partial charge in [-0.2, -0.15) is 5.10 Å². The Kier molecular flexibility index (Phi) is 5.96. The highest BCUT2D eigenvalue weighted by Gasteiger charge is 2.52. The summed E-state index contributed by atoms with van der Waals surface area (Å²) in [4.78, 5) is 14.6. The minimum atomic E-state index is -0.772. The van der Waals surface area contributed by atoms with Gasteiger partial charge in [-0.15, -0.1) is 5.10 Å². The van der Waals surface area contributed by atoms with Crippen molar-refractivity contribution in [2.24, 2.45) is 0 Å². The standard InChI is InChI=1S/C23H21F2N5O3S/c1-26-34-29-17-6-2-5-14(21(17)25)13-30-22(31)33-18-12-19(32-20-7-3-10-27-28-20)16(24)11-15(18)23(30)8-4-9-23/h2-3,5-7,10-12,26,29H,4,8-9,13H2,1H3. The van der Waals surface area contributed by atoms with Crippen LogP contribution in [0.2, 0.25) is 0 Å². The van der Waals surface area contributed by atoms with E-state index in [1.165, 1.54) is 23.2 Å². The van der Waals surface area contributed by atoms with Gasteiger partial charge in [-0.25, -0.2) is 18.3 Å². The third-order valence-corrected chi connectivity index (χ3v) is 6.61. The molecule has 5 rings (SSSR count). The van der Waals surface area contributed by atoms with Gasteiger partial charge < -0.3 is 14.2 Å². The molecule has 0 unspecified atom stereocenters. The fraction of sp³-hybridized carbons (Fsp3) is 0.261. The maximum absolute atomic E-state index is 15.1. The monoisotopic (exact) mass is 485 g/mol. The molecule has 176 valence electrons. The van der Waals surface area contributed by atoms with Gasteiger partial charge in [-0.1, -0.05) is 12.1 Å². The van der Waals surface area contributed by atoms with Gasteiger partial charge in [0.1, 0.15) is 5.75 Å². The molecule has 1 amide bonds. The summed E-state index contributed by atoms with van der Waals surface area (Å²) in [7, 11) is 1.71. The third-order valence-electron chi connectivity index (χ3n) is 6.08. The number of nitrogens with zero attached hydrogens (tertiary/aromatic N) is 3. The first kappa shape index (κ1) is 22.4. The number of hydrogen-bond donors (Lipinski definition) is 2. The van der Waals surface area contributed by atoms with Crippen molar-refractivity contribution in [3.63, 3.8) is 0 Å². The van der Waals surface area contributed by atoms with E-state index in [0.29, 0.717) is 29.7 Å². The minimum absolute atomic E-state index is 0.0106. The van der Waals surface area contributed by atoms with Crippen molar-refractivity contribution in [3.05, 3.63) is 71.4 Å². The smallest absolute Gasteiger partial charge is 0.416 e. The number of fused-ring (bicyclic) bond motifs is 2. The summed E-state index contributed by atoms with van der Waals surface area (Å²) in [6.07, 6.45) is 2.95. The Hall–Kier alpha value is -3.44. The first-order valence-electron chi connectivity index (χ1n) is 10.7. The van der Waals surface area contributed by atoms with E-state index in [9.17, 15) is 4.79 Å². The first-order chi connectivity index (χ1) is 16.5. The average molecular weight is 486 g/mol. The molecule has 2 aliphatic rings. The predicted octanol–water partition coefficient (Wildman–Crippen LogP) is 5.14. The molecule has 1 aromatic heterocycles. The number of halogens is 2. The van der Waals surface area contributed by atoms with Crippen molar-refractivity contribution in [2.45, 2.75) is 31.3 Å². The van der Waals surface area contributed by atoms with Crippen molar-refractivity contribution in [1.82, 2.24) is 19.8 Å². The van der Waals surface area contributed by atoms with Gasteiger partial charge in [0.2, 0.25) is 5.88 Å². The van der Waals surface area contributed by atoms with Crippen molar-refractivity contribution >= 4 is 23.9 Å². The lowest BCUT2D eigenvalue weighted by Gasteiger charge is -2.52. The first-order valence-corrected chi connectivity index (χ1v) is 11.5. The topological polar surface area (TPSA) is 88.6 Å². The Morgan fingerprint density at radius 3 is 2.79 bits per heavy atom. The molecule has 3 aromatic rings. The maximum Gasteiger partial charge on any atom is 0.416 e. The molecule has 1 fully saturated rings. The molecule has 0 bridgehead atoms. The third kappa shape index (κ3) is 3.90. The molecule has 34 heavy (non-hydrogen) atoms. The highest BCUT2D eigenvalue weighted by Crippen LogP contribution is 2.54. The van der Waals surface area contributed by atoms with Crippen LogP contribution in [-0.4, -0.2) is 28.2 Å². The van der Waals surface area contributed by atoms with Crippen molar-refractivity contribution in [3.8, 4) is 17.4 Å². The molecular formula is C23H21F2N5O3S. The molecule has 1 spiro atoms. The lowest BCUT2D eigenvalue weighted by atomic mass is 9.69. The molecule has 0 radical (unpaired) electrons. The average Bonchev–Trinajstić information content (AvgIpc) is 2.80. The Balaban J connectivity index is 1.47. The maximum atomic E-state index is 15.1. The fourth-order valence-corrected chi connectivity index (χ4v) is 4.68. The van der Waals surface area contributed by atoms with Gasteiger partial charge in [0.15, 0.2) is 17.4 Å². The second kappa shape index (κ2) is 9.07. The van der Waals surface area contributed by atoms with Crippen LogP contribution < -0.4 is 18.9 Å². The Morgan fingerprint density at radius 1 is 1.24 bits per heavy atom. The lowest BCUT2D eigenvalue weighted by Crippen LogP contribution is -2.57. The van der Waals surface area contributed by atoms with Gasteiger partial charge in [0.25, 0.3) is 0 Å². The van der Waals surface area contributed by atoms with Crippen LogP contribution in [0, 0.1) is 11.6 Å². The van der Waals surface area contributed by atoms with Crippen LogP contribution in [0.15, 0.2) is 48.7 Å². The summed E-state index contributed by atoms with van der Waals surface area (Å²) in [5, 5.41) is 7.50. The Labute approximate surface area is 198 Å². The van der Waals surface area contributed by atoms with E-state index in [0.717, 1.165) is 18.6 Å². The largest absolute Gasteiger partial charge is 0.434 e. The number of carbonyl (C=O) groups is 1. The normalized spacial score (nSPS) is 16.0. The molecule has 2 aromatic carbocycles. The van der Waals surface area contributed by atoms with E-state index in [1.807, 2.05) is 0 Å². The van der Waals surface area contributed by atoms with Gasteiger partial charge in [0, 0.05) is 41.6 Å². The zero-order valence-corrected chi connectivity index (χ0v) is 19.0. The quantitative estimate of drug-likeness (QED) is 0.445. The summed E-state index contributed by atoms with van der Waals surface area (Å²) in [6.45, 7) is -0.0106. The fourth-order valence-electron chi connectivity index (χ4n) is 4.31. The number of benzene rings is 2. The number of carbonyl (C=O) groups excluding carboxylic acids is 1. The molecular weight excluding hydrogens is 464 g/mol. The summed E-state index contributed by atoms with van der Waals surface area (Å²) in [5.74, 6) is -0.861. The Bertz CT molecular complexity index is 1230. The molecule has 2 heterocycles. The number of anilines is 1. The van der Waals surface area contributed by atoms with E-state index in [4.69, 9.17) is 9.47 Å². The number of rotatable bonds is 7. The van der Waals surface area contributed by atoms with E-state index < -0.39 is 23.3 Å². The van der Waals surface area contributed by atoms with Crippen molar-refractivity contribution in [2.75, 3.05) is 11.8 Å². The summed E-state index contributed by atoms with van der Waals surface area (Å²) in [5.41, 5.74) is 0.396. The number of nitrogens with one attached hydrogen (secondary N) is 2. The highest BCUT2D eigenvalue weighted by molar-refractivity contribution is 7.98. The van der Waals surface area contributed by atoms with E-state index in [1.54, 1.807) is 37.4 Å². The molecule has 1 saturated carbocycles. The molecule has 0 atom stereocenters. The van der Waals surface area contributed by atoms with Crippen molar-refractivity contribution < 1.29 is 23.0 Å². The lowest BCUT2D eigenvalue weighted by molar-refractivity contribution is 0.000817. The van der Waals surface area contributed by atoms with E-state index in [-0.39, 0.29) is 23.9 Å². The van der Waals surface area contributed by atoms with Gasteiger partial charge >= 0.3 is 6.09 Å². The second-order valence-electron chi connectivity index (χ2n) is 7.97. The van der Waals surface area contributed by atoms with Crippen LogP contribution in [0.4, 0.5) is 19.3 Å². The summed E-state index contributed by atoms with van der Waals surface area (Å²) >= 11 is 1.13. The predicted molar refractivity (Wildman–Crippen MR) is 122 cm³/mol. The zero-order valence-electron chi connectivity index (χ0n) is 18.2. The molecule has 8 nitrogen and oxygen atoms in total. The van der Waals surface area contributed by atoms with Gasteiger partial charge in [-0.05, 0) is 44.5 Å². The van der Waals surface area contributed by atoms with Crippen LogP contribution in [-0.2, 0) is 12.1 Å². The van der Waals surface area contributed by atoms with Gasteiger partial charge in [-0.3, -0.25) is 4.90 Å². The molecule has 0 saturated heterocycles. The molecule has 11 heteroatoms. The van der Waals surface area contributed by atoms with Crippen LogP contribution in [0.25, 0.3) is 0 Å². The second-order valence-corrected chi connectivity index (χ2v) is 8.79. The molecule has 1 aliphatic heterocycles. The summed E-state index contributed by atoms with van der Waals surface area (Å²) in [6, 6.07) is 10.8. The van der Waals surface area contributed by atoms with E-state index in [2.05, 4.69) is 19.6 Å². The van der Waals surface area contributed by atoms with Gasteiger partial charge in [0.05, 0.1) is 17.8 Å². The molecule has 2 N–H and O–H groups in total. The number of ether oxygens (including phenoxy) is 2. The number of aromatic nitrogens is 2. The summed E-state index contributed by atoms with van der Waals surface area (Å²) < 4.78 is 46.9. The van der Waals surface area contributed by atoms with Crippen LogP contribution >= 0.6 is 12.1 Å². The van der Waals surface area contributed by atoms with Crippen LogP contribution in [0.3, 0.4) is 0 Å². The highest BCUT2D eigenvalue weighted by atomic mass is 32.2. The number of hydrogen-bond acceptors (Lipinski definition) is 8. The van der Waals surface area contributed by atoms with E-state index >= 15 is 8.78 Å². The number of amides is 1. The van der Waals surface area contributed by atoms with Crippen LogP contribution in [0.5, 0.6) is 17.4 Å².